The summed E-state index contributed by atoms with van der Waals surface area (Å²) in [7, 11) is -4.29. The highest BCUT2D eigenvalue weighted by molar-refractivity contribution is 7.60. The smallest absolute Gasteiger partial charge is 0.321 e. The van der Waals surface area contributed by atoms with Crippen LogP contribution in [0.25, 0.3) is 11.0 Å². The lowest BCUT2D eigenvalue weighted by Gasteiger charge is -2.11. The van der Waals surface area contributed by atoms with Crippen LogP contribution in [0.2, 0.25) is 0 Å². The van der Waals surface area contributed by atoms with Crippen LogP contribution in [0.15, 0.2) is 72.8 Å². The van der Waals surface area contributed by atoms with Gasteiger partial charge in [0.1, 0.15) is 0 Å². The highest BCUT2D eigenvalue weighted by atomic mass is 31.2. The molecule has 32 heavy (non-hydrogen) atoms. The summed E-state index contributed by atoms with van der Waals surface area (Å²) in [6.45, 7) is 0.460. The van der Waals surface area contributed by atoms with Crippen molar-refractivity contribution >= 4 is 35.8 Å². The molecule has 1 aromatic heterocycles. The van der Waals surface area contributed by atoms with Crippen molar-refractivity contribution in [2.75, 3.05) is 5.32 Å². The monoisotopic (exact) mass is 446 g/mol. The van der Waals surface area contributed by atoms with Crippen LogP contribution >= 0.6 is 7.60 Å². The van der Waals surface area contributed by atoms with E-state index in [0.717, 1.165) is 11.1 Å². The number of carbonyl (C=O) groups is 1. The maximum absolute atomic E-state index is 12.7. The Kier molecular flexibility index (Phi) is 5.89. The molecule has 0 aliphatic rings. The van der Waals surface area contributed by atoms with Crippen molar-refractivity contribution in [2.24, 2.45) is 0 Å². The van der Waals surface area contributed by atoms with E-state index >= 15 is 0 Å². The van der Waals surface area contributed by atoms with Gasteiger partial charge in [0.25, 0.3) is 5.91 Å². The van der Waals surface area contributed by atoms with Gasteiger partial charge < -0.3 is 14.4 Å². The van der Waals surface area contributed by atoms with Crippen molar-refractivity contribution in [3.8, 4) is 6.07 Å². The molecule has 0 radical (unpaired) electrons. The summed E-state index contributed by atoms with van der Waals surface area (Å²) >= 11 is 0. The number of nitrogens with zero attached hydrogens (tertiary/aromatic N) is 3. The molecule has 4 rings (SSSR count). The fourth-order valence-electron chi connectivity index (χ4n) is 3.38. The van der Waals surface area contributed by atoms with Crippen molar-refractivity contribution in [1.82, 2.24) is 9.55 Å². The first-order chi connectivity index (χ1) is 15.3. The van der Waals surface area contributed by atoms with Gasteiger partial charge >= 0.3 is 7.60 Å². The normalized spacial score (nSPS) is 11.3. The van der Waals surface area contributed by atoms with E-state index in [1.807, 2.05) is 10.6 Å². The van der Waals surface area contributed by atoms with Gasteiger partial charge in [-0.2, -0.15) is 5.26 Å². The molecule has 3 aromatic carbocycles. The number of hydrogen-bond acceptors (Lipinski definition) is 4. The Hall–Kier alpha value is -3.76. The van der Waals surface area contributed by atoms with E-state index in [0.29, 0.717) is 35.6 Å². The van der Waals surface area contributed by atoms with E-state index in [-0.39, 0.29) is 11.2 Å². The minimum atomic E-state index is -4.29. The summed E-state index contributed by atoms with van der Waals surface area (Å²) in [6, 6.07) is 22.2. The third kappa shape index (κ3) is 4.61. The topological polar surface area (TPSA) is 128 Å². The lowest BCUT2D eigenvalue weighted by atomic mass is 10.1. The first-order valence-electron chi connectivity index (χ1n) is 9.77. The summed E-state index contributed by atoms with van der Waals surface area (Å²) in [5.74, 6) is 0.0597. The lowest BCUT2D eigenvalue weighted by molar-refractivity contribution is 0.102. The Balaban J connectivity index is 1.64. The van der Waals surface area contributed by atoms with E-state index in [2.05, 4.69) is 16.4 Å². The molecule has 0 bridgehead atoms. The number of amides is 1. The van der Waals surface area contributed by atoms with Crippen LogP contribution in [0.5, 0.6) is 0 Å². The van der Waals surface area contributed by atoms with Gasteiger partial charge in [-0.1, -0.05) is 30.3 Å². The molecule has 0 aliphatic carbocycles. The molecule has 0 saturated heterocycles. The number of anilines is 1. The summed E-state index contributed by atoms with van der Waals surface area (Å²) in [5, 5.41) is 12.0. The maximum atomic E-state index is 12.7. The SMILES string of the molecule is N#Cc1ccc2c(c1)nc(NC(=O)c1ccccc1)n2CCc1ccc(P(=O)(O)O)cc1. The van der Waals surface area contributed by atoms with Crippen LogP contribution in [-0.4, -0.2) is 25.2 Å². The van der Waals surface area contributed by atoms with E-state index in [1.54, 1.807) is 54.6 Å². The standard InChI is InChI=1S/C23H19N4O4P/c24-15-17-8-11-21-20(14-17)25-23(26-22(28)18-4-2-1-3-5-18)27(21)13-12-16-6-9-19(10-7-16)32(29,30)31/h1-11,14H,12-13H2,(H,25,26,28)(H2,29,30,31). The van der Waals surface area contributed by atoms with Gasteiger partial charge in [-0.15, -0.1) is 0 Å². The molecule has 3 N–H and O–H groups in total. The van der Waals surface area contributed by atoms with Crippen molar-refractivity contribution < 1.29 is 19.1 Å². The molecule has 9 heteroatoms. The minimum Gasteiger partial charge on any atom is -0.321 e. The molecule has 0 fully saturated rings. The number of hydrogen-bond donors (Lipinski definition) is 3. The highest BCUT2D eigenvalue weighted by Crippen LogP contribution is 2.33. The molecule has 0 saturated carbocycles. The van der Waals surface area contributed by atoms with Gasteiger partial charge in [-0.3, -0.25) is 14.7 Å². The van der Waals surface area contributed by atoms with Crippen molar-refractivity contribution in [2.45, 2.75) is 13.0 Å². The van der Waals surface area contributed by atoms with Gasteiger partial charge in [0.15, 0.2) is 0 Å². The first kappa shape index (κ1) is 21.5. The number of nitriles is 1. The Morgan fingerprint density at radius 2 is 1.78 bits per heavy atom. The van der Waals surface area contributed by atoms with Crippen LogP contribution < -0.4 is 10.6 Å². The average molecular weight is 446 g/mol. The first-order valence-corrected chi connectivity index (χ1v) is 11.4. The van der Waals surface area contributed by atoms with Gasteiger partial charge in [0.2, 0.25) is 5.95 Å². The zero-order valence-corrected chi connectivity index (χ0v) is 17.7. The number of benzene rings is 3. The Bertz CT molecular complexity index is 1370. The highest BCUT2D eigenvalue weighted by Gasteiger charge is 2.17. The van der Waals surface area contributed by atoms with E-state index in [1.165, 1.54) is 12.1 Å². The van der Waals surface area contributed by atoms with Crippen molar-refractivity contribution in [3.05, 3.63) is 89.5 Å². The molecule has 0 atom stereocenters. The summed E-state index contributed by atoms with van der Waals surface area (Å²) < 4.78 is 13.2. The zero-order chi connectivity index (χ0) is 22.7. The predicted molar refractivity (Wildman–Crippen MR) is 121 cm³/mol. The van der Waals surface area contributed by atoms with Crippen molar-refractivity contribution in [3.63, 3.8) is 0 Å². The third-order valence-corrected chi connectivity index (χ3v) is 6.01. The van der Waals surface area contributed by atoms with Crippen LogP contribution in [0.1, 0.15) is 21.5 Å². The van der Waals surface area contributed by atoms with Crippen LogP contribution in [0, 0.1) is 11.3 Å². The van der Waals surface area contributed by atoms with Crippen LogP contribution in [-0.2, 0) is 17.5 Å². The fraction of sp³-hybridized carbons (Fsp3) is 0.0870. The van der Waals surface area contributed by atoms with E-state index in [4.69, 9.17) is 0 Å². The number of fused-ring (bicyclic) bond motifs is 1. The lowest BCUT2D eigenvalue weighted by Crippen LogP contribution is -2.16. The largest absolute Gasteiger partial charge is 0.356 e. The molecule has 160 valence electrons. The number of carbonyl (C=O) groups excluding carboxylic acids is 1. The summed E-state index contributed by atoms with van der Waals surface area (Å²) in [5.41, 5.74) is 3.19. The molecule has 0 aliphatic heterocycles. The second-order valence-electron chi connectivity index (χ2n) is 7.18. The fourth-order valence-corrected chi connectivity index (χ4v) is 3.92. The average Bonchev–Trinajstić information content (AvgIpc) is 3.13. The molecule has 8 nitrogen and oxygen atoms in total. The number of aromatic nitrogens is 2. The second kappa shape index (κ2) is 8.77. The maximum Gasteiger partial charge on any atom is 0.356 e. The predicted octanol–water partition coefficient (Wildman–Crippen LogP) is 3.21. The van der Waals surface area contributed by atoms with Crippen LogP contribution in [0.3, 0.4) is 0 Å². The third-order valence-electron chi connectivity index (χ3n) is 5.04. The van der Waals surface area contributed by atoms with Gasteiger partial charge in [0, 0.05) is 12.1 Å². The number of aryl methyl sites for hydroxylation is 2. The Labute approximate surface area is 183 Å². The molecular weight excluding hydrogens is 427 g/mol. The Morgan fingerprint density at radius 1 is 1.06 bits per heavy atom. The minimum absolute atomic E-state index is 0.0332. The molecule has 1 amide bonds. The molecular formula is C23H19N4O4P. The number of imidazole rings is 1. The summed E-state index contributed by atoms with van der Waals surface area (Å²) in [6.07, 6.45) is 0.543. The molecule has 4 aromatic rings. The van der Waals surface area contributed by atoms with Crippen molar-refractivity contribution in [1.29, 1.82) is 5.26 Å². The van der Waals surface area contributed by atoms with Gasteiger partial charge in [0.05, 0.1) is 28.0 Å². The van der Waals surface area contributed by atoms with E-state index in [9.17, 15) is 24.4 Å². The zero-order valence-electron chi connectivity index (χ0n) is 16.8. The van der Waals surface area contributed by atoms with E-state index < -0.39 is 7.60 Å². The number of rotatable bonds is 6. The quantitative estimate of drug-likeness (QED) is 0.390. The van der Waals surface area contributed by atoms with Gasteiger partial charge in [-0.25, -0.2) is 4.98 Å². The molecule has 0 spiro atoms. The molecule has 0 unspecified atom stereocenters. The second-order valence-corrected chi connectivity index (χ2v) is 8.79. The van der Waals surface area contributed by atoms with Crippen LogP contribution in [0.4, 0.5) is 5.95 Å². The molecule has 1 heterocycles. The summed E-state index contributed by atoms with van der Waals surface area (Å²) in [4.78, 5) is 35.7. The van der Waals surface area contributed by atoms with Gasteiger partial charge in [-0.05, 0) is 54.4 Å². The number of nitrogens with one attached hydrogen (secondary N) is 1. The Morgan fingerprint density at radius 3 is 2.44 bits per heavy atom.